The Morgan fingerprint density at radius 3 is 1.86 bits per heavy atom. The summed E-state index contributed by atoms with van der Waals surface area (Å²) in [6.45, 7) is 2.40. The van der Waals surface area contributed by atoms with Gasteiger partial charge in [0.05, 0.1) is 18.3 Å². The van der Waals surface area contributed by atoms with Crippen LogP contribution in [0.5, 0.6) is 0 Å². The number of aliphatic carboxylic acids is 1. The van der Waals surface area contributed by atoms with Crippen LogP contribution in [0.25, 0.3) is 0 Å². The van der Waals surface area contributed by atoms with Crippen molar-refractivity contribution >= 4 is 11.9 Å². The van der Waals surface area contributed by atoms with Gasteiger partial charge in [-0.15, -0.1) is 0 Å². The highest BCUT2D eigenvalue weighted by atomic mass is 16.5. The smallest absolute Gasteiger partial charge is 0.335 e. The van der Waals surface area contributed by atoms with Crippen LogP contribution in [0.3, 0.4) is 0 Å². The van der Waals surface area contributed by atoms with Crippen molar-refractivity contribution in [3.63, 3.8) is 0 Å². The Hall–Kier alpha value is -4.26. The van der Waals surface area contributed by atoms with Crippen LogP contribution in [-0.4, -0.2) is 40.1 Å². The van der Waals surface area contributed by atoms with Gasteiger partial charge in [-0.3, -0.25) is 9.69 Å². The summed E-state index contributed by atoms with van der Waals surface area (Å²) in [6, 6.07) is 36.2. The molecular formula is C36H39NO5. The predicted molar refractivity (Wildman–Crippen MR) is 164 cm³/mol. The van der Waals surface area contributed by atoms with Gasteiger partial charge in [0.2, 0.25) is 0 Å². The van der Waals surface area contributed by atoms with Gasteiger partial charge in [-0.05, 0) is 72.2 Å². The Morgan fingerprint density at radius 2 is 1.24 bits per heavy atom. The number of ether oxygens (including phenoxy) is 1. The van der Waals surface area contributed by atoms with Crippen molar-refractivity contribution in [1.29, 1.82) is 0 Å². The molecule has 4 rings (SSSR count). The van der Waals surface area contributed by atoms with E-state index < -0.39 is 11.9 Å². The molecule has 218 valence electrons. The SMILES string of the molecule is O=C(O)CCCCN(Cc1ccc(C(=O)O)cc1)C[C@@H](OCc1ccc(CCc2ccccc2)cc1)c1ccccc1. The van der Waals surface area contributed by atoms with Crippen LogP contribution < -0.4 is 0 Å². The van der Waals surface area contributed by atoms with E-state index in [0.717, 1.165) is 36.0 Å². The fourth-order valence-electron chi connectivity index (χ4n) is 4.95. The first-order valence-corrected chi connectivity index (χ1v) is 14.5. The van der Waals surface area contributed by atoms with Crippen molar-refractivity contribution in [2.75, 3.05) is 13.1 Å². The van der Waals surface area contributed by atoms with Gasteiger partial charge in [0.1, 0.15) is 0 Å². The summed E-state index contributed by atoms with van der Waals surface area (Å²) in [4.78, 5) is 24.6. The lowest BCUT2D eigenvalue weighted by Gasteiger charge is -2.28. The van der Waals surface area contributed by atoms with Crippen LogP contribution in [0.2, 0.25) is 0 Å². The number of carbonyl (C=O) groups is 2. The van der Waals surface area contributed by atoms with Crippen molar-refractivity contribution in [3.8, 4) is 0 Å². The standard InChI is InChI=1S/C36H39NO5/c38-35(39)13-7-8-24-37(25-30-20-22-33(23-21-30)36(40)41)26-34(32-11-5-2-6-12-32)42-27-31-18-16-29(17-19-31)15-14-28-9-3-1-4-10-28/h1-6,9-12,16-23,34H,7-8,13-15,24-27H2,(H,38,39)(H,40,41)/t34-/m1/s1. The van der Waals surface area contributed by atoms with Gasteiger partial charge >= 0.3 is 11.9 Å². The molecule has 42 heavy (non-hydrogen) atoms. The van der Waals surface area contributed by atoms with Crippen LogP contribution in [-0.2, 0) is 35.5 Å². The van der Waals surface area contributed by atoms with Crippen molar-refractivity contribution in [1.82, 2.24) is 4.90 Å². The van der Waals surface area contributed by atoms with E-state index in [4.69, 9.17) is 9.84 Å². The maximum atomic E-state index is 11.3. The normalized spacial score (nSPS) is 11.8. The number of benzene rings is 4. The molecule has 4 aromatic carbocycles. The molecule has 0 fully saturated rings. The highest BCUT2D eigenvalue weighted by molar-refractivity contribution is 5.87. The highest BCUT2D eigenvalue weighted by Crippen LogP contribution is 2.23. The quantitative estimate of drug-likeness (QED) is 0.132. The molecule has 0 aromatic heterocycles. The zero-order valence-corrected chi connectivity index (χ0v) is 23.9. The number of nitrogens with zero attached hydrogens (tertiary/aromatic N) is 1. The summed E-state index contributed by atoms with van der Waals surface area (Å²) in [6.07, 6.45) is 3.28. The summed E-state index contributed by atoms with van der Waals surface area (Å²) < 4.78 is 6.53. The molecule has 0 amide bonds. The molecule has 4 aromatic rings. The van der Waals surface area contributed by atoms with E-state index >= 15 is 0 Å². The maximum absolute atomic E-state index is 11.3. The molecule has 1 atom stereocenters. The molecule has 0 bridgehead atoms. The Bertz CT molecular complexity index is 1370. The van der Waals surface area contributed by atoms with Gasteiger partial charge in [-0.2, -0.15) is 0 Å². The van der Waals surface area contributed by atoms with E-state index in [2.05, 4.69) is 65.6 Å². The highest BCUT2D eigenvalue weighted by Gasteiger charge is 2.18. The summed E-state index contributed by atoms with van der Waals surface area (Å²) in [5, 5.41) is 18.3. The van der Waals surface area contributed by atoms with Gasteiger partial charge in [0.25, 0.3) is 0 Å². The molecule has 0 saturated carbocycles. The van der Waals surface area contributed by atoms with Gasteiger partial charge in [-0.1, -0.05) is 97.1 Å². The predicted octanol–water partition coefficient (Wildman–Crippen LogP) is 7.19. The Balaban J connectivity index is 1.42. The molecule has 0 heterocycles. The second-order valence-corrected chi connectivity index (χ2v) is 10.6. The molecule has 0 unspecified atom stereocenters. The minimum atomic E-state index is -0.950. The van der Waals surface area contributed by atoms with Crippen molar-refractivity contribution in [2.24, 2.45) is 0 Å². The molecule has 0 radical (unpaired) electrons. The number of unbranched alkanes of at least 4 members (excludes halogenated alkanes) is 1. The topological polar surface area (TPSA) is 87.1 Å². The van der Waals surface area contributed by atoms with E-state index in [1.165, 1.54) is 11.1 Å². The van der Waals surface area contributed by atoms with Gasteiger partial charge in [-0.25, -0.2) is 4.79 Å². The lowest BCUT2D eigenvalue weighted by Crippen LogP contribution is -2.30. The fourth-order valence-corrected chi connectivity index (χ4v) is 4.95. The molecule has 0 aliphatic heterocycles. The zero-order chi connectivity index (χ0) is 29.6. The fraction of sp³-hybridized carbons (Fsp3) is 0.278. The average molecular weight is 566 g/mol. The van der Waals surface area contributed by atoms with E-state index in [1.807, 2.05) is 36.4 Å². The van der Waals surface area contributed by atoms with Crippen LogP contribution in [0, 0.1) is 0 Å². The third kappa shape index (κ3) is 10.3. The summed E-state index contributed by atoms with van der Waals surface area (Å²) in [5.74, 6) is -1.74. The van der Waals surface area contributed by atoms with Gasteiger partial charge < -0.3 is 14.9 Å². The number of aryl methyl sites for hydroxylation is 2. The molecule has 6 nitrogen and oxygen atoms in total. The first-order chi connectivity index (χ1) is 20.5. The number of hydrogen-bond acceptors (Lipinski definition) is 4. The first kappa shape index (κ1) is 30.7. The molecule has 0 saturated heterocycles. The Labute approximate surface area is 248 Å². The molecule has 2 N–H and O–H groups in total. The minimum absolute atomic E-state index is 0.140. The van der Waals surface area contributed by atoms with E-state index in [9.17, 15) is 14.7 Å². The van der Waals surface area contributed by atoms with Crippen LogP contribution in [0.4, 0.5) is 0 Å². The van der Waals surface area contributed by atoms with Crippen molar-refractivity contribution < 1.29 is 24.5 Å². The molecule has 0 spiro atoms. The average Bonchev–Trinajstić information content (AvgIpc) is 3.01. The van der Waals surface area contributed by atoms with Crippen LogP contribution in [0.1, 0.15) is 63.5 Å². The third-order valence-corrected chi connectivity index (χ3v) is 7.34. The largest absolute Gasteiger partial charge is 0.481 e. The van der Waals surface area contributed by atoms with Crippen molar-refractivity contribution in [2.45, 2.75) is 51.4 Å². The number of carboxylic acid groups (broad SMARTS) is 2. The Morgan fingerprint density at radius 1 is 0.667 bits per heavy atom. The number of hydrogen-bond donors (Lipinski definition) is 2. The maximum Gasteiger partial charge on any atom is 0.335 e. The number of rotatable bonds is 17. The Kier molecular flexibility index (Phi) is 11.9. The van der Waals surface area contributed by atoms with E-state index in [0.29, 0.717) is 32.7 Å². The first-order valence-electron chi connectivity index (χ1n) is 14.5. The van der Waals surface area contributed by atoms with E-state index in [-0.39, 0.29) is 18.1 Å². The molecular weight excluding hydrogens is 526 g/mol. The lowest BCUT2D eigenvalue weighted by atomic mass is 10.0. The van der Waals surface area contributed by atoms with E-state index in [1.54, 1.807) is 12.1 Å². The number of carboxylic acids is 2. The van der Waals surface area contributed by atoms with Crippen LogP contribution >= 0.6 is 0 Å². The molecule has 6 heteroatoms. The summed E-state index contributed by atoms with van der Waals surface area (Å²) in [7, 11) is 0. The molecule has 0 aliphatic rings. The zero-order valence-electron chi connectivity index (χ0n) is 23.9. The van der Waals surface area contributed by atoms with Gasteiger partial charge in [0, 0.05) is 19.5 Å². The minimum Gasteiger partial charge on any atom is -0.481 e. The van der Waals surface area contributed by atoms with Crippen molar-refractivity contribution in [3.05, 3.63) is 143 Å². The summed E-state index contributed by atoms with van der Waals surface area (Å²) >= 11 is 0. The lowest BCUT2D eigenvalue weighted by molar-refractivity contribution is -0.137. The van der Waals surface area contributed by atoms with Gasteiger partial charge in [0.15, 0.2) is 0 Å². The molecule has 0 aliphatic carbocycles. The monoisotopic (exact) mass is 565 g/mol. The third-order valence-electron chi connectivity index (χ3n) is 7.34. The van der Waals surface area contributed by atoms with Crippen LogP contribution in [0.15, 0.2) is 109 Å². The number of aromatic carboxylic acids is 1. The second-order valence-electron chi connectivity index (χ2n) is 10.6. The second kappa shape index (κ2) is 16.2. The summed E-state index contributed by atoms with van der Waals surface area (Å²) in [5.41, 5.74) is 6.06.